The van der Waals surface area contributed by atoms with Gasteiger partial charge in [0.05, 0.1) is 19.2 Å². The minimum absolute atomic E-state index is 0.0801. The Balaban J connectivity index is 1.86. The summed E-state index contributed by atoms with van der Waals surface area (Å²) in [5, 5.41) is 0. The molecule has 0 aromatic rings. The fourth-order valence-electron chi connectivity index (χ4n) is 2.38. The summed E-state index contributed by atoms with van der Waals surface area (Å²) in [5.74, 6) is 0. The molecule has 6 heteroatoms. The van der Waals surface area contributed by atoms with E-state index in [-0.39, 0.29) is 32.8 Å². The van der Waals surface area contributed by atoms with E-state index in [4.69, 9.17) is 18.5 Å². The molecule has 13 heavy (non-hydrogen) atoms. The molecule has 3 fully saturated rings. The Morgan fingerprint density at radius 2 is 2.31 bits per heavy atom. The van der Waals surface area contributed by atoms with Crippen molar-refractivity contribution in [1.82, 2.24) is 0 Å². The Labute approximate surface area is 79.6 Å². The SMILES string of the molecule is BC1OC2COPO[C@H]2[C@]12CCO2. The van der Waals surface area contributed by atoms with Crippen LogP contribution in [0.1, 0.15) is 6.42 Å². The quantitative estimate of drug-likeness (QED) is 0.389. The normalized spacial score (nSPS) is 56.5. The Morgan fingerprint density at radius 1 is 1.46 bits per heavy atom. The number of hydrogen-bond acceptors (Lipinski definition) is 4. The maximum atomic E-state index is 5.75. The van der Waals surface area contributed by atoms with Crippen LogP contribution in [0.5, 0.6) is 0 Å². The maximum Gasteiger partial charge on any atom is 0.155 e. The van der Waals surface area contributed by atoms with Crippen molar-refractivity contribution in [3.05, 3.63) is 0 Å². The van der Waals surface area contributed by atoms with Gasteiger partial charge in [0, 0.05) is 6.42 Å². The van der Waals surface area contributed by atoms with Gasteiger partial charge in [0.1, 0.15) is 25.7 Å². The predicted octanol–water partition coefficient (Wildman–Crippen LogP) is -0.573. The van der Waals surface area contributed by atoms with E-state index in [0.717, 1.165) is 13.0 Å². The monoisotopic (exact) mass is 202 g/mol. The maximum absolute atomic E-state index is 5.75. The van der Waals surface area contributed by atoms with Crippen molar-refractivity contribution in [3.8, 4) is 0 Å². The van der Waals surface area contributed by atoms with E-state index < -0.39 is 0 Å². The van der Waals surface area contributed by atoms with Crippen molar-refractivity contribution in [1.29, 1.82) is 0 Å². The van der Waals surface area contributed by atoms with Crippen molar-refractivity contribution in [2.45, 2.75) is 30.2 Å². The van der Waals surface area contributed by atoms with Gasteiger partial charge in [-0.3, -0.25) is 0 Å². The van der Waals surface area contributed by atoms with Gasteiger partial charge in [0.15, 0.2) is 9.03 Å². The van der Waals surface area contributed by atoms with Crippen LogP contribution < -0.4 is 0 Å². The molecular formula is C7H12BO4P. The highest BCUT2D eigenvalue weighted by Crippen LogP contribution is 2.47. The van der Waals surface area contributed by atoms with Crippen LogP contribution in [0.25, 0.3) is 0 Å². The largest absolute Gasteiger partial charge is 0.376 e. The molecule has 0 amide bonds. The first-order valence-corrected chi connectivity index (χ1v) is 5.46. The zero-order valence-electron chi connectivity index (χ0n) is 7.49. The second-order valence-corrected chi connectivity index (χ2v) is 4.49. The summed E-state index contributed by atoms with van der Waals surface area (Å²) in [5.41, 5.74) is -0.151. The average Bonchev–Trinajstić information content (AvgIpc) is 2.35. The van der Waals surface area contributed by atoms with Crippen molar-refractivity contribution >= 4 is 16.9 Å². The van der Waals surface area contributed by atoms with Crippen LogP contribution in [0, 0.1) is 0 Å². The van der Waals surface area contributed by atoms with Crippen LogP contribution in [0.15, 0.2) is 0 Å². The van der Waals surface area contributed by atoms with E-state index in [1.165, 1.54) is 0 Å². The molecule has 0 bridgehead atoms. The summed E-state index contributed by atoms with van der Waals surface area (Å²) >= 11 is 0. The summed E-state index contributed by atoms with van der Waals surface area (Å²) in [6, 6.07) is 0.141. The number of fused-ring (bicyclic) bond motifs is 2. The van der Waals surface area contributed by atoms with E-state index in [0.29, 0.717) is 6.61 Å². The molecule has 3 unspecified atom stereocenters. The van der Waals surface area contributed by atoms with Crippen LogP contribution in [0.2, 0.25) is 0 Å². The Kier molecular flexibility index (Phi) is 1.93. The number of rotatable bonds is 0. The smallest absolute Gasteiger partial charge is 0.155 e. The minimum atomic E-state index is -0.151. The molecule has 0 aliphatic carbocycles. The first-order valence-electron chi connectivity index (χ1n) is 4.65. The van der Waals surface area contributed by atoms with Crippen molar-refractivity contribution in [2.75, 3.05) is 13.2 Å². The third-order valence-corrected chi connectivity index (χ3v) is 3.87. The summed E-state index contributed by atoms with van der Waals surface area (Å²) in [6.45, 7) is 1.49. The van der Waals surface area contributed by atoms with Gasteiger partial charge in [0.2, 0.25) is 0 Å². The Bertz CT molecular complexity index is 223. The van der Waals surface area contributed by atoms with E-state index >= 15 is 0 Å². The summed E-state index contributed by atoms with van der Waals surface area (Å²) in [4.78, 5) is 0. The van der Waals surface area contributed by atoms with Gasteiger partial charge in [-0.25, -0.2) is 0 Å². The molecule has 5 atom stereocenters. The van der Waals surface area contributed by atoms with E-state index in [9.17, 15) is 0 Å². The lowest BCUT2D eigenvalue weighted by molar-refractivity contribution is -0.190. The zero-order valence-corrected chi connectivity index (χ0v) is 8.49. The lowest BCUT2D eigenvalue weighted by atomic mass is 9.75. The molecular weight excluding hydrogens is 190 g/mol. The van der Waals surface area contributed by atoms with Gasteiger partial charge in [-0.2, -0.15) is 0 Å². The second kappa shape index (κ2) is 2.91. The van der Waals surface area contributed by atoms with Crippen molar-refractivity contribution in [3.63, 3.8) is 0 Å². The van der Waals surface area contributed by atoms with Crippen molar-refractivity contribution < 1.29 is 18.5 Å². The highest BCUT2D eigenvalue weighted by atomic mass is 31.1. The highest BCUT2D eigenvalue weighted by Gasteiger charge is 2.60. The van der Waals surface area contributed by atoms with Crippen LogP contribution in [0.3, 0.4) is 0 Å². The van der Waals surface area contributed by atoms with Crippen LogP contribution >= 0.6 is 9.03 Å². The second-order valence-electron chi connectivity index (χ2n) is 3.80. The molecule has 3 aliphatic heterocycles. The Morgan fingerprint density at radius 3 is 3.00 bits per heavy atom. The van der Waals surface area contributed by atoms with Crippen LogP contribution in [-0.4, -0.2) is 44.9 Å². The van der Waals surface area contributed by atoms with E-state index in [1.807, 2.05) is 0 Å². The molecule has 3 heterocycles. The summed E-state index contributed by atoms with van der Waals surface area (Å²) < 4.78 is 22.2. The van der Waals surface area contributed by atoms with Gasteiger partial charge in [0.25, 0.3) is 0 Å². The summed E-state index contributed by atoms with van der Waals surface area (Å²) in [7, 11) is 2.21. The molecule has 72 valence electrons. The van der Waals surface area contributed by atoms with Crippen LogP contribution in [-0.2, 0) is 18.5 Å². The fraction of sp³-hybridized carbons (Fsp3) is 1.00. The first kappa shape index (κ1) is 8.63. The third-order valence-electron chi connectivity index (χ3n) is 3.23. The van der Waals surface area contributed by atoms with E-state index in [1.54, 1.807) is 0 Å². The van der Waals surface area contributed by atoms with E-state index in [2.05, 4.69) is 7.85 Å². The molecule has 0 saturated carbocycles. The molecule has 0 aromatic heterocycles. The fourth-order valence-corrected chi connectivity index (χ4v) is 3.14. The Hall–Kier alpha value is 0.335. The standard InChI is InChI=1S/C7H12BO4P/c8-6-7(1-2-9-7)5-4(11-6)3-10-13-12-5/h4-6,13H,1-3,8H2/t4?,5-,6?,7-/m1/s1. The minimum Gasteiger partial charge on any atom is -0.376 e. The molecule has 0 aromatic carbocycles. The molecule has 3 aliphatic rings. The first-order chi connectivity index (χ1) is 6.33. The molecule has 0 radical (unpaired) electrons. The van der Waals surface area contributed by atoms with Gasteiger partial charge in [-0.1, -0.05) is 0 Å². The predicted molar refractivity (Wildman–Crippen MR) is 49.6 cm³/mol. The third kappa shape index (κ3) is 1.06. The molecule has 4 nitrogen and oxygen atoms in total. The highest BCUT2D eigenvalue weighted by molar-refractivity contribution is 7.26. The zero-order chi connectivity index (χ0) is 8.89. The number of ether oxygens (including phenoxy) is 2. The van der Waals surface area contributed by atoms with Gasteiger partial charge in [-0.15, -0.1) is 0 Å². The van der Waals surface area contributed by atoms with Crippen molar-refractivity contribution in [2.24, 2.45) is 0 Å². The topological polar surface area (TPSA) is 36.9 Å². The molecule has 3 rings (SSSR count). The van der Waals surface area contributed by atoms with Gasteiger partial charge in [-0.05, 0) is 0 Å². The lowest BCUT2D eigenvalue weighted by Crippen LogP contribution is -2.59. The van der Waals surface area contributed by atoms with Gasteiger partial charge < -0.3 is 18.5 Å². The van der Waals surface area contributed by atoms with Crippen LogP contribution in [0.4, 0.5) is 0 Å². The lowest BCUT2D eigenvalue weighted by Gasteiger charge is -2.45. The number of hydrogen-bond donors (Lipinski definition) is 0. The van der Waals surface area contributed by atoms with Gasteiger partial charge >= 0.3 is 0 Å². The molecule has 1 spiro atoms. The average molecular weight is 202 g/mol. The molecule has 3 saturated heterocycles. The molecule has 0 N–H and O–H groups in total. The summed E-state index contributed by atoms with van der Waals surface area (Å²) in [6.07, 6.45) is 1.24.